The third-order valence-corrected chi connectivity index (χ3v) is 3.70. The Morgan fingerprint density at radius 1 is 1.17 bits per heavy atom. The molecule has 0 bridgehead atoms. The molecule has 0 amide bonds. The van der Waals surface area contributed by atoms with Crippen LogP contribution in [0.5, 0.6) is 0 Å². The predicted molar refractivity (Wildman–Crippen MR) is 92.4 cm³/mol. The second-order valence-corrected chi connectivity index (χ2v) is 5.32. The highest BCUT2D eigenvalue weighted by atomic mass is 35.5. The number of nitrogens with one attached hydrogen (secondary N) is 1. The number of rotatable bonds is 4. The quantitative estimate of drug-likeness (QED) is 0.699. The van der Waals surface area contributed by atoms with Crippen LogP contribution in [0.2, 0.25) is 5.02 Å². The number of benzene rings is 2. The zero-order valence-corrected chi connectivity index (χ0v) is 13.3. The van der Waals surface area contributed by atoms with Gasteiger partial charge in [0.25, 0.3) is 0 Å². The van der Waals surface area contributed by atoms with E-state index in [-0.39, 0.29) is 5.97 Å². The Labute approximate surface area is 139 Å². The van der Waals surface area contributed by atoms with Crippen molar-refractivity contribution in [2.24, 2.45) is 0 Å². The highest BCUT2D eigenvalue weighted by Gasteiger charge is 2.07. The van der Waals surface area contributed by atoms with Crippen LogP contribution in [-0.2, 0) is 4.74 Å². The monoisotopic (exact) mass is 326 g/mol. The van der Waals surface area contributed by atoms with E-state index in [4.69, 9.17) is 16.3 Å². The Balaban J connectivity index is 1.88. The second kappa shape index (κ2) is 6.67. The Bertz CT molecular complexity index is 847. The van der Waals surface area contributed by atoms with Crippen molar-refractivity contribution in [2.45, 2.75) is 6.92 Å². The van der Waals surface area contributed by atoms with E-state index < -0.39 is 0 Å². The summed E-state index contributed by atoms with van der Waals surface area (Å²) in [5, 5.41) is 4.88. The van der Waals surface area contributed by atoms with Crippen molar-refractivity contribution in [1.29, 1.82) is 0 Å². The van der Waals surface area contributed by atoms with Gasteiger partial charge in [-0.3, -0.25) is 4.98 Å². The van der Waals surface area contributed by atoms with Crippen LogP contribution in [0.4, 0.5) is 11.4 Å². The lowest BCUT2D eigenvalue weighted by molar-refractivity contribution is 0.0526. The van der Waals surface area contributed by atoms with Gasteiger partial charge in [0.2, 0.25) is 0 Å². The van der Waals surface area contributed by atoms with Crippen LogP contribution >= 0.6 is 11.6 Å². The standard InChI is InChI=1S/C18H15ClN2O2/c1-2-23-18(22)12-6-8-13(9-7-12)21-16-10-11-20-17-14(16)4-3-5-15(17)19/h3-11H,2H2,1H3,(H,20,21). The molecule has 0 unspecified atom stereocenters. The number of carbonyl (C=O) groups excluding carboxylic acids is 1. The molecule has 2 aromatic carbocycles. The summed E-state index contributed by atoms with van der Waals surface area (Å²) in [4.78, 5) is 16.0. The largest absolute Gasteiger partial charge is 0.462 e. The SMILES string of the molecule is CCOC(=O)c1ccc(Nc2ccnc3c(Cl)cccc23)cc1. The number of fused-ring (bicyclic) bond motifs is 1. The van der Waals surface area contributed by atoms with Gasteiger partial charge in [0.05, 0.1) is 22.7 Å². The first-order valence-electron chi connectivity index (χ1n) is 7.26. The van der Waals surface area contributed by atoms with Crippen molar-refractivity contribution in [1.82, 2.24) is 4.98 Å². The molecule has 1 aromatic heterocycles. The van der Waals surface area contributed by atoms with Gasteiger partial charge in [0.1, 0.15) is 0 Å². The zero-order valence-electron chi connectivity index (χ0n) is 12.5. The molecule has 0 aliphatic heterocycles. The number of pyridine rings is 1. The summed E-state index contributed by atoms with van der Waals surface area (Å²) in [6.07, 6.45) is 1.71. The van der Waals surface area contributed by atoms with Crippen LogP contribution in [0, 0.1) is 0 Å². The third kappa shape index (κ3) is 3.27. The van der Waals surface area contributed by atoms with Crippen molar-refractivity contribution in [2.75, 3.05) is 11.9 Å². The molecule has 5 heteroatoms. The first-order chi connectivity index (χ1) is 11.2. The fourth-order valence-corrected chi connectivity index (χ4v) is 2.53. The highest BCUT2D eigenvalue weighted by molar-refractivity contribution is 6.35. The molecule has 0 aliphatic rings. The van der Waals surface area contributed by atoms with E-state index in [2.05, 4.69) is 10.3 Å². The maximum absolute atomic E-state index is 11.7. The smallest absolute Gasteiger partial charge is 0.338 e. The van der Waals surface area contributed by atoms with Crippen molar-refractivity contribution in [3.8, 4) is 0 Å². The maximum Gasteiger partial charge on any atom is 0.338 e. The normalized spacial score (nSPS) is 10.5. The van der Waals surface area contributed by atoms with Gasteiger partial charge in [0.15, 0.2) is 0 Å². The Kier molecular flexibility index (Phi) is 4.44. The molecule has 1 N–H and O–H groups in total. The van der Waals surface area contributed by atoms with Gasteiger partial charge in [0, 0.05) is 23.0 Å². The number of esters is 1. The van der Waals surface area contributed by atoms with Gasteiger partial charge in [-0.25, -0.2) is 4.79 Å². The predicted octanol–water partition coefficient (Wildman–Crippen LogP) is 4.81. The van der Waals surface area contributed by atoms with Crippen LogP contribution < -0.4 is 5.32 Å². The molecule has 1 heterocycles. The van der Waals surface area contributed by atoms with Gasteiger partial charge in [-0.2, -0.15) is 0 Å². The fraction of sp³-hybridized carbons (Fsp3) is 0.111. The van der Waals surface area contributed by atoms with Crippen LogP contribution in [0.15, 0.2) is 54.7 Å². The van der Waals surface area contributed by atoms with E-state index >= 15 is 0 Å². The summed E-state index contributed by atoms with van der Waals surface area (Å²) in [5.41, 5.74) is 3.05. The average Bonchev–Trinajstić information content (AvgIpc) is 2.57. The summed E-state index contributed by atoms with van der Waals surface area (Å²) in [7, 11) is 0. The molecular formula is C18H15ClN2O2. The number of carbonyl (C=O) groups is 1. The molecule has 0 saturated carbocycles. The van der Waals surface area contributed by atoms with Crippen molar-refractivity contribution in [3.63, 3.8) is 0 Å². The molecule has 0 radical (unpaired) electrons. The molecule has 0 saturated heterocycles. The highest BCUT2D eigenvalue weighted by Crippen LogP contribution is 2.29. The summed E-state index contributed by atoms with van der Waals surface area (Å²) in [5.74, 6) is -0.319. The summed E-state index contributed by atoms with van der Waals surface area (Å²) in [6.45, 7) is 2.15. The molecule has 0 spiro atoms. The van der Waals surface area contributed by atoms with E-state index in [1.54, 1.807) is 25.3 Å². The minimum atomic E-state index is -0.319. The van der Waals surface area contributed by atoms with Crippen molar-refractivity contribution < 1.29 is 9.53 Å². The zero-order chi connectivity index (χ0) is 16.2. The molecule has 3 rings (SSSR count). The van der Waals surface area contributed by atoms with Crippen LogP contribution in [0.1, 0.15) is 17.3 Å². The molecule has 116 valence electrons. The molecule has 0 aliphatic carbocycles. The molecule has 4 nitrogen and oxygen atoms in total. The first kappa shape index (κ1) is 15.3. The van der Waals surface area contributed by atoms with E-state index in [0.717, 1.165) is 22.3 Å². The molecule has 0 fully saturated rings. The van der Waals surface area contributed by atoms with Gasteiger partial charge in [-0.05, 0) is 43.3 Å². The minimum Gasteiger partial charge on any atom is -0.462 e. The fourth-order valence-electron chi connectivity index (χ4n) is 2.31. The Morgan fingerprint density at radius 3 is 2.70 bits per heavy atom. The number of hydrogen-bond acceptors (Lipinski definition) is 4. The lowest BCUT2D eigenvalue weighted by atomic mass is 10.1. The van der Waals surface area contributed by atoms with E-state index in [0.29, 0.717) is 17.2 Å². The van der Waals surface area contributed by atoms with E-state index in [1.807, 2.05) is 36.4 Å². The number of anilines is 2. The number of hydrogen-bond donors (Lipinski definition) is 1. The van der Waals surface area contributed by atoms with Crippen molar-refractivity contribution >= 4 is 39.8 Å². The summed E-state index contributed by atoms with van der Waals surface area (Å²) < 4.78 is 4.97. The maximum atomic E-state index is 11.7. The van der Waals surface area contributed by atoms with Gasteiger partial charge < -0.3 is 10.1 Å². The van der Waals surface area contributed by atoms with E-state index in [1.165, 1.54) is 0 Å². The number of aromatic nitrogens is 1. The van der Waals surface area contributed by atoms with Crippen LogP contribution in [0.3, 0.4) is 0 Å². The van der Waals surface area contributed by atoms with Gasteiger partial charge in [-0.15, -0.1) is 0 Å². The minimum absolute atomic E-state index is 0.319. The Hall–Kier alpha value is -2.59. The number of halogens is 1. The van der Waals surface area contributed by atoms with Crippen molar-refractivity contribution in [3.05, 3.63) is 65.3 Å². The molecule has 0 atom stereocenters. The third-order valence-electron chi connectivity index (χ3n) is 3.40. The lowest BCUT2D eigenvalue weighted by Gasteiger charge is -2.10. The lowest BCUT2D eigenvalue weighted by Crippen LogP contribution is -2.04. The second-order valence-electron chi connectivity index (χ2n) is 4.92. The molecular weight excluding hydrogens is 312 g/mol. The summed E-state index contributed by atoms with van der Waals surface area (Å²) >= 11 is 6.18. The average molecular weight is 327 g/mol. The number of nitrogens with zero attached hydrogens (tertiary/aromatic N) is 1. The molecule has 23 heavy (non-hydrogen) atoms. The van der Waals surface area contributed by atoms with Gasteiger partial charge >= 0.3 is 5.97 Å². The first-order valence-corrected chi connectivity index (χ1v) is 7.64. The van der Waals surface area contributed by atoms with Gasteiger partial charge in [-0.1, -0.05) is 23.7 Å². The summed E-state index contributed by atoms with van der Waals surface area (Å²) in [6, 6.07) is 14.7. The van der Waals surface area contributed by atoms with E-state index in [9.17, 15) is 4.79 Å². The number of ether oxygens (including phenoxy) is 1. The van der Waals surface area contributed by atoms with Crippen LogP contribution in [-0.4, -0.2) is 17.6 Å². The topological polar surface area (TPSA) is 51.2 Å². The Morgan fingerprint density at radius 2 is 1.96 bits per heavy atom. The molecule has 3 aromatic rings. The van der Waals surface area contributed by atoms with Crippen LogP contribution in [0.25, 0.3) is 10.9 Å². The number of para-hydroxylation sites is 1.